The summed E-state index contributed by atoms with van der Waals surface area (Å²) in [6.45, 7) is 1.73. The third kappa shape index (κ3) is 1.32. The quantitative estimate of drug-likeness (QED) is 0.721. The SMILES string of the molecule is CC(O)c1cccc2[nH]cc(Cl)c12. The lowest BCUT2D eigenvalue weighted by molar-refractivity contribution is 0.201. The van der Waals surface area contributed by atoms with E-state index in [2.05, 4.69) is 4.98 Å². The first-order chi connectivity index (χ1) is 6.20. The Morgan fingerprint density at radius 3 is 2.92 bits per heavy atom. The number of aromatic amines is 1. The second-order valence-corrected chi connectivity index (χ2v) is 3.49. The summed E-state index contributed by atoms with van der Waals surface area (Å²) in [5.74, 6) is 0. The monoisotopic (exact) mass is 195 g/mol. The molecular formula is C10H10ClNO. The van der Waals surface area contributed by atoms with Crippen LogP contribution in [0.2, 0.25) is 5.02 Å². The Morgan fingerprint density at radius 1 is 1.46 bits per heavy atom. The van der Waals surface area contributed by atoms with E-state index < -0.39 is 6.10 Å². The molecule has 2 rings (SSSR count). The number of fused-ring (bicyclic) bond motifs is 1. The minimum Gasteiger partial charge on any atom is -0.389 e. The second kappa shape index (κ2) is 3.05. The highest BCUT2D eigenvalue weighted by Crippen LogP contribution is 2.29. The Labute approximate surface area is 81.1 Å². The number of H-pyrrole nitrogens is 1. The maximum Gasteiger partial charge on any atom is 0.0769 e. The third-order valence-electron chi connectivity index (χ3n) is 2.14. The number of aromatic nitrogens is 1. The molecule has 1 unspecified atom stereocenters. The van der Waals surface area contributed by atoms with Crippen LogP contribution in [0.4, 0.5) is 0 Å². The van der Waals surface area contributed by atoms with E-state index in [0.29, 0.717) is 5.02 Å². The highest BCUT2D eigenvalue weighted by molar-refractivity contribution is 6.35. The summed E-state index contributed by atoms with van der Waals surface area (Å²) in [7, 11) is 0. The van der Waals surface area contributed by atoms with E-state index in [1.165, 1.54) is 0 Å². The van der Waals surface area contributed by atoms with Crippen LogP contribution in [-0.2, 0) is 0 Å². The molecule has 1 heterocycles. The minimum absolute atomic E-state index is 0.489. The zero-order valence-corrected chi connectivity index (χ0v) is 7.97. The van der Waals surface area contributed by atoms with Crippen LogP contribution in [0.15, 0.2) is 24.4 Å². The van der Waals surface area contributed by atoms with Crippen molar-refractivity contribution in [2.45, 2.75) is 13.0 Å². The highest BCUT2D eigenvalue weighted by Gasteiger charge is 2.09. The lowest BCUT2D eigenvalue weighted by Crippen LogP contribution is -1.90. The number of halogens is 1. The zero-order valence-electron chi connectivity index (χ0n) is 7.21. The summed E-state index contributed by atoms with van der Waals surface area (Å²) >= 11 is 5.98. The molecule has 0 saturated heterocycles. The van der Waals surface area contributed by atoms with Crippen molar-refractivity contribution >= 4 is 22.5 Å². The van der Waals surface area contributed by atoms with Crippen molar-refractivity contribution in [1.29, 1.82) is 0 Å². The number of hydrogen-bond acceptors (Lipinski definition) is 1. The van der Waals surface area contributed by atoms with Crippen LogP contribution in [0.1, 0.15) is 18.6 Å². The van der Waals surface area contributed by atoms with Gasteiger partial charge in [0, 0.05) is 17.1 Å². The molecular weight excluding hydrogens is 186 g/mol. The lowest BCUT2D eigenvalue weighted by Gasteiger charge is -2.05. The normalized spacial score (nSPS) is 13.5. The van der Waals surface area contributed by atoms with Gasteiger partial charge in [-0.25, -0.2) is 0 Å². The Hall–Kier alpha value is -0.990. The van der Waals surface area contributed by atoms with Gasteiger partial charge >= 0.3 is 0 Å². The van der Waals surface area contributed by atoms with Crippen LogP contribution in [0.3, 0.4) is 0 Å². The Kier molecular flexibility index (Phi) is 2.02. The fourth-order valence-corrected chi connectivity index (χ4v) is 1.78. The molecule has 3 heteroatoms. The summed E-state index contributed by atoms with van der Waals surface area (Å²) < 4.78 is 0. The predicted octanol–water partition coefficient (Wildman–Crippen LogP) is 2.87. The van der Waals surface area contributed by atoms with Gasteiger partial charge in [-0.2, -0.15) is 0 Å². The molecule has 0 aliphatic carbocycles. The number of aliphatic hydroxyl groups excluding tert-OH is 1. The maximum atomic E-state index is 9.49. The molecule has 13 heavy (non-hydrogen) atoms. The first kappa shape index (κ1) is 8.60. The standard InChI is InChI=1S/C10H10ClNO/c1-6(13)7-3-2-4-9-10(7)8(11)5-12-9/h2-6,12-13H,1H3. The van der Waals surface area contributed by atoms with Crippen LogP contribution in [0, 0.1) is 0 Å². The van der Waals surface area contributed by atoms with E-state index >= 15 is 0 Å². The van der Waals surface area contributed by atoms with Crippen LogP contribution in [-0.4, -0.2) is 10.1 Å². The molecule has 0 radical (unpaired) electrons. The van der Waals surface area contributed by atoms with E-state index in [9.17, 15) is 5.11 Å². The largest absolute Gasteiger partial charge is 0.389 e. The molecule has 1 aromatic carbocycles. The first-order valence-electron chi connectivity index (χ1n) is 4.13. The molecule has 0 spiro atoms. The van der Waals surface area contributed by atoms with Gasteiger partial charge in [0.25, 0.3) is 0 Å². The Bertz CT molecular complexity index is 433. The smallest absolute Gasteiger partial charge is 0.0769 e. The topological polar surface area (TPSA) is 36.0 Å². The first-order valence-corrected chi connectivity index (χ1v) is 4.51. The molecule has 1 aromatic heterocycles. The minimum atomic E-state index is -0.489. The number of benzene rings is 1. The summed E-state index contributed by atoms with van der Waals surface area (Å²) in [5.41, 5.74) is 1.83. The average Bonchev–Trinajstić information content (AvgIpc) is 2.48. The van der Waals surface area contributed by atoms with E-state index in [1.54, 1.807) is 13.1 Å². The molecule has 0 amide bonds. The van der Waals surface area contributed by atoms with Crippen molar-refractivity contribution in [2.75, 3.05) is 0 Å². The van der Waals surface area contributed by atoms with E-state index in [0.717, 1.165) is 16.5 Å². The lowest BCUT2D eigenvalue weighted by atomic mass is 10.1. The fourth-order valence-electron chi connectivity index (χ4n) is 1.52. The summed E-state index contributed by atoms with van der Waals surface area (Å²) in [6, 6.07) is 5.72. The van der Waals surface area contributed by atoms with Gasteiger partial charge in [-0.1, -0.05) is 23.7 Å². The highest BCUT2D eigenvalue weighted by atomic mass is 35.5. The average molecular weight is 196 g/mol. The molecule has 0 aliphatic rings. The van der Waals surface area contributed by atoms with Crippen molar-refractivity contribution in [3.05, 3.63) is 35.0 Å². The zero-order chi connectivity index (χ0) is 9.42. The van der Waals surface area contributed by atoms with Crippen molar-refractivity contribution in [1.82, 2.24) is 4.98 Å². The Balaban J connectivity index is 2.80. The van der Waals surface area contributed by atoms with Crippen LogP contribution in [0.25, 0.3) is 10.9 Å². The van der Waals surface area contributed by atoms with Gasteiger partial charge < -0.3 is 10.1 Å². The molecule has 0 bridgehead atoms. The van der Waals surface area contributed by atoms with Gasteiger partial charge in [-0.15, -0.1) is 0 Å². The second-order valence-electron chi connectivity index (χ2n) is 3.08. The van der Waals surface area contributed by atoms with Crippen molar-refractivity contribution < 1.29 is 5.11 Å². The summed E-state index contributed by atoms with van der Waals surface area (Å²) in [6.07, 6.45) is 1.25. The number of rotatable bonds is 1. The maximum absolute atomic E-state index is 9.49. The van der Waals surface area contributed by atoms with E-state index in [1.807, 2.05) is 18.2 Å². The molecule has 0 fully saturated rings. The Morgan fingerprint density at radius 2 is 2.23 bits per heavy atom. The van der Waals surface area contributed by atoms with Crippen LogP contribution >= 0.6 is 11.6 Å². The van der Waals surface area contributed by atoms with Gasteiger partial charge in [0.15, 0.2) is 0 Å². The predicted molar refractivity (Wildman–Crippen MR) is 53.9 cm³/mol. The van der Waals surface area contributed by atoms with Crippen molar-refractivity contribution in [2.24, 2.45) is 0 Å². The molecule has 2 aromatic rings. The number of nitrogens with one attached hydrogen (secondary N) is 1. The van der Waals surface area contributed by atoms with Gasteiger partial charge in [0.2, 0.25) is 0 Å². The van der Waals surface area contributed by atoms with Gasteiger partial charge in [-0.05, 0) is 18.6 Å². The fraction of sp³-hybridized carbons (Fsp3) is 0.200. The van der Waals surface area contributed by atoms with Gasteiger partial charge in [0.1, 0.15) is 0 Å². The summed E-state index contributed by atoms with van der Waals surface area (Å²) in [4.78, 5) is 3.04. The van der Waals surface area contributed by atoms with Crippen LogP contribution < -0.4 is 0 Å². The molecule has 0 aliphatic heterocycles. The summed E-state index contributed by atoms with van der Waals surface area (Å²) in [5, 5.41) is 11.1. The van der Waals surface area contributed by atoms with E-state index in [-0.39, 0.29) is 0 Å². The van der Waals surface area contributed by atoms with Crippen molar-refractivity contribution in [3.8, 4) is 0 Å². The van der Waals surface area contributed by atoms with Crippen molar-refractivity contribution in [3.63, 3.8) is 0 Å². The number of hydrogen-bond donors (Lipinski definition) is 2. The van der Waals surface area contributed by atoms with Crippen LogP contribution in [0.5, 0.6) is 0 Å². The number of aliphatic hydroxyl groups is 1. The van der Waals surface area contributed by atoms with Gasteiger partial charge in [0.05, 0.1) is 11.1 Å². The molecule has 2 N–H and O–H groups in total. The molecule has 2 nitrogen and oxygen atoms in total. The molecule has 68 valence electrons. The molecule has 0 saturated carbocycles. The van der Waals surface area contributed by atoms with E-state index in [4.69, 9.17) is 11.6 Å². The van der Waals surface area contributed by atoms with Gasteiger partial charge in [-0.3, -0.25) is 0 Å². The molecule has 1 atom stereocenters. The third-order valence-corrected chi connectivity index (χ3v) is 2.44.